The van der Waals surface area contributed by atoms with Gasteiger partial charge < -0.3 is 5.73 Å². The Kier molecular flexibility index (Phi) is 2.14. The lowest BCUT2D eigenvalue weighted by Gasteiger charge is -2.05. The van der Waals surface area contributed by atoms with Crippen LogP contribution in [0.1, 0.15) is 5.69 Å². The van der Waals surface area contributed by atoms with E-state index in [4.69, 9.17) is 17.3 Å². The van der Waals surface area contributed by atoms with Crippen molar-refractivity contribution in [3.05, 3.63) is 23.0 Å². The average Bonchev–Trinajstić information content (AvgIpc) is 1.92. The molecule has 66 valence electrons. The summed E-state index contributed by atoms with van der Waals surface area (Å²) in [6.45, 7) is 0. The van der Waals surface area contributed by atoms with E-state index in [-0.39, 0.29) is 10.7 Å². The number of nitrogens with zero attached hydrogens (tertiary/aromatic N) is 1. The molecule has 0 unspecified atom stereocenters. The van der Waals surface area contributed by atoms with E-state index < -0.39 is 11.9 Å². The molecule has 2 N–H and O–H groups in total. The number of nitrogen functional groups attached to an aromatic ring is 1. The average molecular weight is 197 g/mol. The lowest BCUT2D eigenvalue weighted by atomic mass is 10.3. The molecule has 1 aromatic heterocycles. The number of aromatic nitrogens is 1. The van der Waals surface area contributed by atoms with Crippen LogP contribution in [-0.2, 0) is 6.18 Å². The Morgan fingerprint density at radius 1 is 1.42 bits per heavy atom. The minimum atomic E-state index is -4.47. The van der Waals surface area contributed by atoms with Crippen LogP contribution >= 0.6 is 11.6 Å². The van der Waals surface area contributed by atoms with Crippen molar-refractivity contribution in [1.82, 2.24) is 4.98 Å². The molecule has 0 aromatic carbocycles. The highest BCUT2D eigenvalue weighted by Crippen LogP contribution is 2.30. The maximum absolute atomic E-state index is 11.9. The maximum atomic E-state index is 11.9. The van der Waals surface area contributed by atoms with Gasteiger partial charge in [0.25, 0.3) is 0 Å². The molecule has 0 saturated heterocycles. The molecule has 0 fully saturated rings. The molecule has 2 nitrogen and oxygen atoms in total. The highest BCUT2D eigenvalue weighted by Gasteiger charge is 2.32. The summed E-state index contributed by atoms with van der Waals surface area (Å²) in [4.78, 5) is 3.07. The first-order valence-electron chi connectivity index (χ1n) is 2.89. The normalized spacial score (nSPS) is 11.7. The van der Waals surface area contributed by atoms with Gasteiger partial charge in [-0.1, -0.05) is 11.6 Å². The number of hydrogen-bond acceptors (Lipinski definition) is 2. The molecule has 12 heavy (non-hydrogen) atoms. The van der Waals surface area contributed by atoms with Crippen LogP contribution in [0.2, 0.25) is 5.02 Å². The topological polar surface area (TPSA) is 38.9 Å². The molecule has 0 aliphatic carbocycles. The zero-order valence-corrected chi connectivity index (χ0v) is 6.45. The van der Waals surface area contributed by atoms with E-state index in [9.17, 15) is 13.2 Å². The standard InChI is InChI=1S/C6H4ClF3N2/c7-3-2-12-5(1-4(3)11)6(8,9)10/h1-2H,(H2,11,12). The highest BCUT2D eigenvalue weighted by molar-refractivity contribution is 6.32. The van der Waals surface area contributed by atoms with Crippen LogP contribution in [0.3, 0.4) is 0 Å². The second-order valence-electron chi connectivity index (χ2n) is 2.09. The minimum absolute atomic E-state index is 0.0167. The van der Waals surface area contributed by atoms with Gasteiger partial charge in [0.05, 0.1) is 10.7 Å². The zero-order valence-electron chi connectivity index (χ0n) is 5.69. The third kappa shape index (κ3) is 1.79. The molecule has 1 heterocycles. The van der Waals surface area contributed by atoms with Gasteiger partial charge in [0.15, 0.2) is 0 Å². The van der Waals surface area contributed by atoms with Crippen molar-refractivity contribution < 1.29 is 13.2 Å². The predicted octanol–water partition coefficient (Wildman–Crippen LogP) is 2.34. The number of hydrogen-bond donors (Lipinski definition) is 1. The summed E-state index contributed by atoms with van der Waals surface area (Å²) >= 11 is 5.38. The molecule has 6 heteroatoms. The second kappa shape index (κ2) is 2.82. The molecule has 0 atom stereocenters. The highest BCUT2D eigenvalue weighted by atomic mass is 35.5. The van der Waals surface area contributed by atoms with Crippen molar-refractivity contribution >= 4 is 17.3 Å². The second-order valence-corrected chi connectivity index (χ2v) is 2.50. The predicted molar refractivity (Wildman–Crippen MR) is 38.7 cm³/mol. The Morgan fingerprint density at radius 2 is 2.00 bits per heavy atom. The van der Waals surface area contributed by atoms with Crippen molar-refractivity contribution in [3.8, 4) is 0 Å². The third-order valence-corrected chi connectivity index (χ3v) is 1.49. The number of anilines is 1. The molecular weight excluding hydrogens is 193 g/mol. The van der Waals surface area contributed by atoms with E-state index in [0.717, 1.165) is 6.20 Å². The zero-order chi connectivity index (χ0) is 9.35. The minimum Gasteiger partial charge on any atom is -0.397 e. The molecule has 1 rings (SSSR count). The molecule has 0 aliphatic rings. The molecule has 0 radical (unpaired) electrons. The number of alkyl halides is 3. The van der Waals surface area contributed by atoms with Crippen LogP contribution < -0.4 is 5.73 Å². The Labute approximate surface area is 71.2 Å². The van der Waals surface area contributed by atoms with Crippen LogP contribution in [0.15, 0.2) is 12.3 Å². The van der Waals surface area contributed by atoms with E-state index in [0.29, 0.717) is 6.07 Å². The smallest absolute Gasteiger partial charge is 0.397 e. The van der Waals surface area contributed by atoms with Gasteiger partial charge in [0, 0.05) is 6.20 Å². The van der Waals surface area contributed by atoms with E-state index >= 15 is 0 Å². The number of halogens is 4. The van der Waals surface area contributed by atoms with Gasteiger partial charge in [-0.3, -0.25) is 4.98 Å². The maximum Gasteiger partial charge on any atom is 0.433 e. The molecule has 0 spiro atoms. The summed E-state index contributed by atoms with van der Waals surface area (Å²) in [5.74, 6) is 0. The first-order chi connectivity index (χ1) is 5.41. The number of rotatable bonds is 0. The lowest BCUT2D eigenvalue weighted by Crippen LogP contribution is -2.08. The van der Waals surface area contributed by atoms with Crippen molar-refractivity contribution in [1.29, 1.82) is 0 Å². The largest absolute Gasteiger partial charge is 0.433 e. The van der Waals surface area contributed by atoms with Crippen molar-refractivity contribution in [2.45, 2.75) is 6.18 Å². The monoisotopic (exact) mass is 196 g/mol. The Morgan fingerprint density at radius 3 is 2.42 bits per heavy atom. The van der Waals surface area contributed by atoms with Gasteiger partial charge in [0.1, 0.15) is 5.69 Å². The van der Waals surface area contributed by atoms with E-state index in [2.05, 4.69) is 4.98 Å². The molecule has 0 aliphatic heterocycles. The Balaban J connectivity index is 3.14. The fraction of sp³-hybridized carbons (Fsp3) is 0.167. The molecule has 1 aromatic rings. The van der Waals surface area contributed by atoms with Gasteiger partial charge in [0.2, 0.25) is 0 Å². The fourth-order valence-corrected chi connectivity index (χ4v) is 0.713. The number of pyridine rings is 1. The molecule has 0 bridgehead atoms. The van der Waals surface area contributed by atoms with Crippen molar-refractivity contribution in [3.63, 3.8) is 0 Å². The van der Waals surface area contributed by atoms with Crippen LogP contribution in [0.25, 0.3) is 0 Å². The summed E-state index contributed by atoms with van der Waals surface area (Å²) in [6.07, 6.45) is -3.60. The summed E-state index contributed by atoms with van der Waals surface area (Å²) in [6, 6.07) is 0.697. The van der Waals surface area contributed by atoms with Crippen LogP contribution in [0.4, 0.5) is 18.9 Å². The Hall–Kier alpha value is -0.970. The van der Waals surface area contributed by atoms with Crippen LogP contribution in [-0.4, -0.2) is 4.98 Å². The molecular formula is C6H4ClF3N2. The van der Waals surface area contributed by atoms with Crippen molar-refractivity contribution in [2.75, 3.05) is 5.73 Å². The van der Waals surface area contributed by atoms with Crippen molar-refractivity contribution in [2.24, 2.45) is 0 Å². The van der Waals surface area contributed by atoms with Crippen LogP contribution in [0, 0.1) is 0 Å². The third-order valence-electron chi connectivity index (χ3n) is 1.18. The first kappa shape index (κ1) is 9.12. The SMILES string of the molecule is Nc1cc(C(F)(F)F)ncc1Cl. The van der Waals surface area contributed by atoms with Gasteiger partial charge in [-0.15, -0.1) is 0 Å². The summed E-state index contributed by atoms with van der Waals surface area (Å²) in [7, 11) is 0. The Bertz CT molecular complexity index is 297. The van der Waals surface area contributed by atoms with E-state index in [1.54, 1.807) is 0 Å². The summed E-state index contributed by atoms with van der Waals surface area (Å²) < 4.78 is 35.8. The quantitative estimate of drug-likeness (QED) is 0.692. The summed E-state index contributed by atoms with van der Waals surface area (Å²) in [5, 5.41) is 0.0167. The first-order valence-corrected chi connectivity index (χ1v) is 3.27. The van der Waals surface area contributed by atoms with Gasteiger partial charge in [-0.2, -0.15) is 13.2 Å². The van der Waals surface area contributed by atoms with Gasteiger partial charge >= 0.3 is 6.18 Å². The van der Waals surface area contributed by atoms with Crippen LogP contribution in [0.5, 0.6) is 0 Å². The number of nitrogens with two attached hydrogens (primary N) is 1. The lowest BCUT2D eigenvalue weighted by molar-refractivity contribution is -0.141. The van der Waals surface area contributed by atoms with Gasteiger partial charge in [-0.25, -0.2) is 0 Å². The van der Waals surface area contributed by atoms with E-state index in [1.165, 1.54) is 0 Å². The fourth-order valence-electron chi connectivity index (χ4n) is 0.609. The summed E-state index contributed by atoms with van der Waals surface area (Å²) in [5.41, 5.74) is 3.98. The molecule has 0 saturated carbocycles. The van der Waals surface area contributed by atoms with E-state index in [1.807, 2.05) is 0 Å². The molecule has 0 amide bonds. The van der Waals surface area contributed by atoms with Gasteiger partial charge in [-0.05, 0) is 6.07 Å².